The number of aliphatic carboxylic acids is 1. The maximum Gasteiger partial charge on any atom is 0.332 e. The average molecular weight is 268 g/mol. The fraction of sp³-hybridized carbons (Fsp3) is 0.100. The van der Waals surface area contributed by atoms with Crippen LogP contribution in [-0.4, -0.2) is 22.7 Å². The number of allylic oxidation sites excluding steroid dienone is 4. The summed E-state index contributed by atoms with van der Waals surface area (Å²) < 4.78 is 0.775. The summed E-state index contributed by atoms with van der Waals surface area (Å²) in [7, 11) is 0. The monoisotopic (exact) mass is 267 g/mol. The summed E-state index contributed by atoms with van der Waals surface area (Å²) in [5.41, 5.74) is 0.534. The number of dihydropyridines is 1. The molecule has 2 rings (SSSR count). The van der Waals surface area contributed by atoms with Crippen LogP contribution in [0.3, 0.4) is 0 Å². The van der Waals surface area contributed by atoms with E-state index in [-0.39, 0.29) is 5.57 Å². The summed E-state index contributed by atoms with van der Waals surface area (Å²) in [6, 6.07) is 0. The van der Waals surface area contributed by atoms with E-state index in [9.17, 15) is 9.59 Å². The van der Waals surface area contributed by atoms with Crippen molar-refractivity contribution >= 4 is 33.5 Å². The number of carbonyl (C=O) groups excluding carboxylic acids is 1. The van der Waals surface area contributed by atoms with Gasteiger partial charge in [0.25, 0.3) is 5.91 Å². The Kier molecular flexibility index (Phi) is 2.40. The highest BCUT2D eigenvalue weighted by atomic mass is 79.9. The van der Waals surface area contributed by atoms with Gasteiger partial charge in [0, 0.05) is 10.6 Å². The van der Waals surface area contributed by atoms with Gasteiger partial charge >= 0.3 is 5.97 Å². The Bertz CT molecular complexity index is 471. The van der Waals surface area contributed by atoms with Crippen molar-refractivity contribution in [1.82, 2.24) is 0 Å². The van der Waals surface area contributed by atoms with Gasteiger partial charge in [0.15, 0.2) is 0 Å². The zero-order valence-electron chi connectivity index (χ0n) is 7.48. The fourth-order valence-corrected chi connectivity index (χ4v) is 1.89. The second-order valence-electron chi connectivity index (χ2n) is 3.15. The highest BCUT2D eigenvalue weighted by Gasteiger charge is 2.28. The highest BCUT2D eigenvalue weighted by molar-refractivity contribution is 9.11. The molecule has 0 radical (unpaired) electrons. The van der Waals surface area contributed by atoms with Gasteiger partial charge in [0.05, 0.1) is 17.2 Å². The zero-order chi connectivity index (χ0) is 11.0. The Morgan fingerprint density at radius 3 is 2.87 bits per heavy atom. The lowest BCUT2D eigenvalue weighted by Crippen LogP contribution is -2.25. The van der Waals surface area contributed by atoms with Crippen molar-refractivity contribution < 1.29 is 14.7 Å². The Hall–Kier alpha value is -1.49. The van der Waals surface area contributed by atoms with Crippen LogP contribution in [0.2, 0.25) is 0 Å². The van der Waals surface area contributed by atoms with E-state index in [2.05, 4.69) is 20.9 Å². The van der Waals surface area contributed by atoms with Crippen molar-refractivity contribution in [2.45, 2.75) is 0 Å². The van der Waals surface area contributed by atoms with Crippen molar-refractivity contribution in [3.05, 3.63) is 34.4 Å². The van der Waals surface area contributed by atoms with Crippen LogP contribution in [0.15, 0.2) is 39.4 Å². The minimum absolute atomic E-state index is 0.0671. The molecule has 1 atom stereocenters. The topological polar surface area (TPSA) is 66.7 Å². The van der Waals surface area contributed by atoms with Gasteiger partial charge in [-0.1, -0.05) is 28.1 Å². The predicted molar refractivity (Wildman–Crippen MR) is 57.8 cm³/mol. The van der Waals surface area contributed by atoms with Gasteiger partial charge in [-0.2, -0.15) is 0 Å². The summed E-state index contributed by atoms with van der Waals surface area (Å²) in [5, 5.41) is 8.92. The molecule has 0 spiro atoms. The van der Waals surface area contributed by atoms with Crippen LogP contribution in [0.25, 0.3) is 0 Å². The summed E-state index contributed by atoms with van der Waals surface area (Å²) in [4.78, 5) is 25.8. The van der Waals surface area contributed by atoms with E-state index in [0.717, 1.165) is 10.6 Å². The van der Waals surface area contributed by atoms with E-state index in [1.54, 1.807) is 18.2 Å². The van der Waals surface area contributed by atoms with Gasteiger partial charge in [-0.05, 0) is 6.08 Å². The smallest absolute Gasteiger partial charge is 0.332 e. The lowest BCUT2D eigenvalue weighted by Gasteiger charge is -2.20. The number of fused-ring (bicyclic) bond motifs is 1. The van der Waals surface area contributed by atoms with Gasteiger partial charge in [-0.15, -0.1) is 0 Å². The minimum atomic E-state index is -1.09. The van der Waals surface area contributed by atoms with Crippen molar-refractivity contribution in [3.8, 4) is 0 Å². The normalized spacial score (nSPS) is 23.9. The first-order valence-corrected chi connectivity index (χ1v) is 5.00. The molecule has 2 aliphatic rings. The summed E-state index contributed by atoms with van der Waals surface area (Å²) in [6.07, 6.45) is 6.16. The molecule has 5 heteroatoms. The van der Waals surface area contributed by atoms with Gasteiger partial charge in [0.1, 0.15) is 0 Å². The number of nitrogens with zero attached hydrogens (tertiary/aromatic N) is 1. The van der Waals surface area contributed by atoms with E-state index >= 15 is 0 Å². The zero-order valence-corrected chi connectivity index (χ0v) is 9.06. The molecule has 1 unspecified atom stereocenters. The molecule has 0 aromatic carbocycles. The largest absolute Gasteiger partial charge is 0.478 e. The van der Waals surface area contributed by atoms with E-state index in [1.165, 1.54) is 0 Å². The first-order chi connectivity index (χ1) is 7.08. The second-order valence-corrected chi connectivity index (χ2v) is 4.06. The van der Waals surface area contributed by atoms with Crippen LogP contribution in [-0.2, 0) is 9.59 Å². The van der Waals surface area contributed by atoms with Crippen LogP contribution in [0.5, 0.6) is 0 Å². The van der Waals surface area contributed by atoms with Crippen LogP contribution in [0, 0.1) is 5.92 Å². The number of amides is 1. The highest BCUT2D eigenvalue weighted by Crippen LogP contribution is 2.27. The Morgan fingerprint density at radius 2 is 2.20 bits per heavy atom. The van der Waals surface area contributed by atoms with Crippen molar-refractivity contribution in [3.63, 3.8) is 0 Å². The molecule has 1 amide bonds. The molecule has 1 N–H and O–H groups in total. The first-order valence-electron chi connectivity index (χ1n) is 4.21. The second kappa shape index (κ2) is 3.58. The Labute approximate surface area is 93.8 Å². The van der Waals surface area contributed by atoms with Gasteiger partial charge in [0.2, 0.25) is 0 Å². The van der Waals surface area contributed by atoms with E-state index in [1.807, 2.05) is 0 Å². The molecule has 4 nitrogen and oxygen atoms in total. The molecule has 0 saturated heterocycles. The summed E-state index contributed by atoms with van der Waals surface area (Å²) >= 11 is 3.24. The molecule has 0 bridgehead atoms. The van der Waals surface area contributed by atoms with E-state index < -0.39 is 17.8 Å². The van der Waals surface area contributed by atoms with Crippen LogP contribution >= 0.6 is 15.9 Å². The quantitative estimate of drug-likeness (QED) is 0.782. The van der Waals surface area contributed by atoms with Gasteiger partial charge < -0.3 is 5.11 Å². The molecule has 0 fully saturated rings. The number of carbonyl (C=O) groups is 2. The van der Waals surface area contributed by atoms with Gasteiger partial charge in [-0.3, -0.25) is 4.79 Å². The number of carboxylic acids is 1. The number of hydrogen-bond donors (Lipinski definition) is 1. The summed E-state index contributed by atoms with van der Waals surface area (Å²) in [5.74, 6) is -2.02. The lowest BCUT2D eigenvalue weighted by atomic mass is 9.88. The molecule has 1 aliphatic carbocycles. The standard InChI is InChI=1S/C10H6BrNO3/c11-5-1-2-6-7(10(14)15)4-9(13)12-8(6)3-5/h1-4,6H,(H,14,15). The number of halogens is 1. The molecular weight excluding hydrogens is 262 g/mol. The third-order valence-electron chi connectivity index (χ3n) is 2.15. The molecule has 1 heterocycles. The molecule has 76 valence electrons. The SMILES string of the molecule is O=C1C=C(C(=O)O)C2C=CC(Br)=CC2=N1. The molecule has 15 heavy (non-hydrogen) atoms. The number of rotatable bonds is 1. The molecule has 0 aromatic rings. The number of hydrogen-bond acceptors (Lipinski definition) is 2. The number of carboxylic acid groups (broad SMARTS) is 1. The third kappa shape index (κ3) is 1.83. The Balaban J connectivity index is 2.46. The number of aliphatic imine (C=N–C) groups is 1. The van der Waals surface area contributed by atoms with Crippen LogP contribution < -0.4 is 0 Å². The van der Waals surface area contributed by atoms with Crippen molar-refractivity contribution in [2.75, 3.05) is 0 Å². The maximum absolute atomic E-state index is 11.1. The Morgan fingerprint density at radius 1 is 1.47 bits per heavy atom. The maximum atomic E-state index is 11.1. The minimum Gasteiger partial charge on any atom is -0.478 e. The predicted octanol–water partition coefficient (Wildman–Crippen LogP) is 1.44. The fourth-order valence-electron chi connectivity index (χ4n) is 1.51. The van der Waals surface area contributed by atoms with E-state index in [0.29, 0.717) is 5.71 Å². The average Bonchev–Trinajstić information content (AvgIpc) is 2.15. The lowest BCUT2D eigenvalue weighted by molar-refractivity contribution is -0.133. The van der Waals surface area contributed by atoms with Crippen molar-refractivity contribution in [2.24, 2.45) is 10.9 Å². The summed E-state index contributed by atoms with van der Waals surface area (Å²) in [6.45, 7) is 0. The molecular formula is C10H6BrNO3. The van der Waals surface area contributed by atoms with Crippen LogP contribution in [0.4, 0.5) is 0 Å². The molecule has 1 aliphatic heterocycles. The molecule has 0 saturated carbocycles. The van der Waals surface area contributed by atoms with Crippen molar-refractivity contribution in [1.29, 1.82) is 0 Å². The molecule has 0 aromatic heterocycles. The third-order valence-corrected chi connectivity index (χ3v) is 2.65. The van der Waals surface area contributed by atoms with Gasteiger partial charge in [-0.25, -0.2) is 9.79 Å². The van der Waals surface area contributed by atoms with E-state index in [4.69, 9.17) is 5.11 Å². The van der Waals surface area contributed by atoms with Crippen LogP contribution in [0.1, 0.15) is 0 Å². The first kappa shape index (κ1) is 10.0.